The molecule has 68 heavy (non-hydrogen) atoms. The number of benzene rings is 10. The van der Waals surface area contributed by atoms with Crippen LogP contribution in [0.3, 0.4) is 0 Å². The van der Waals surface area contributed by atoms with Crippen molar-refractivity contribution in [3.63, 3.8) is 0 Å². The van der Waals surface area contributed by atoms with E-state index in [2.05, 4.69) is 10.9 Å². The lowest BCUT2D eigenvalue weighted by Gasteiger charge is -2.26. The minimum atomic E-state index is -0.589. The van der Waals surface area contributed by atoms with Crippen LogP contribution in [-0.4, -0.2) is 9.13 Å². The van der Waals surface area contributed by atoms with Gasteiger partial charge in [0.2, 0.25) is 5.69 Å². The molecule has 10 aromatic carbocycles. The second-order valence-corrected chi connectivity index (χ2v) is 18.1. The van der Waals surface area contributed by atoms with Gasteiger partial charge in [-0.1, -0.05) is 182 Å². The molecule has 0 aliphatic rings. The maximum Gasteiger partial charge on any atom is 0.220 e. The SMILES string of the molecule is [2H]c1c([2H])c([2H])c(-c2ccc3c4ccccc4n(-c4c([N+]#[C-])c(-c5ccccc5)c(C#N)c(-n5c6c7sc8c([2H])c([2H])c([2H])c([2H])c8c7c([2H])c([2H])c6c6c([2H])c([2H])c7c(sc8c([2H])c([2H])c([2H])c([2H])c87)c65)c4-c4ccccc4)c3c2)c([2H])c1[2H]. The first-order valence-electron chi connectivity index (χ1n) is 29.7. The lowest BCUT2D eigenvalue weighted by Crippen LogP contribution is -2.09. The Balaban J connectivity index is 1.33. The average molecular weight is 916 g/mol. The third-order valence-electron chi connectivity index (χ3n) is 12.6. The molecule has 314 valence electrons. The fraction of sp³-hybridized carbons (Fsp3) is 0. The van der Waals surface area contributed by atoms with Crippen LogP contribution in [0, 0.1) is 17.9 Å². The molecule has 0 unspecified atom stereocenters. The summed E-state index contributed by atoms with van der Waals surface area (Å²) >= 11 is 1.82. The van der Waals surface area contributed by atoms with Gasteiger partial charge in [0, 0.05) is 63.6 Å². The van der Waals surface area contributed by atoms with Crippen molar-refractivity contribution in [3.8, 4) is 50.8 Å². The first-order valence-corrected chi connectivity index (χ1v) is 22.8. The molecule has 0 radical (unpaired) electrons. The molecule has 0 amide bonds. The van der Waals surface area contributed by atoms with Crippen LogP contribution in [-0.2, 0) is 0 Å². The molecule has 0 fully saturated rings. The van der Waals surface area contributed by atoms with Gasteiger partial charge in [0.1, 0.15) is 6.07 Å². The molecular formula is C62H34N4S2. The fourth-order valence-electron chi connectivity index (χ4n) is 9.83. The van der Waals surface area contributed by atoms with Gasteiger partial charge >= 0.3 is 0 Å². The van der Waals surface area contributed by atoms with Gasteiger partial charge in [-0.2, -0.15) is 5.26 Å². The van der Waals surface area contributed by atoms with Crippen molar-refractivity contribution in [1.82, 2.24) is 9.13 Å². The highest BCUT2D eigenvalue weighted by Crippen LogP contribution is 2.54. The van der Waals surface area contributed by atoms with Crippen LogP contribution in [0.5, 0.6) is 0 Å². The molecule has 4 nitrogen and oxygen atoms in total. The van der Waals surface area contributed by atoms with E-state index in [1.807, 2.05) is 22.8 Å². The van der Waals surface area contributed by atoms with Crippen LogP contribution in [0.1, 0.15) is 28.9 Å². The molecule has 0 bridgehead atoms. The normalized spacial score (nSPS) is 15.3. The molecule has 14 aromatic rings. The van der Waals surface area contributed by atoms with Crippen LogP contribution in [0.25, 0.3) is 134 Å². The summed E-state index contributed by atoms with van der Waals surface area (Å²) in [5.41, 5.74) is 2.28. The largest absolute Gasteiger partial charge is 0.318 e. The van der Waals surface area contributed by atoms with Crippen LogP contribution in [0.15, 0.2) is 206 Å². The van der Waals surface area contributed by atoms with E-state index in [-0.39, 0.29) is 107 Å². The second-order valence-electron chi connectivity index (χ2n) is 16.0. The van der Waals surface area contributed by atoms with Crippen molar-refractivity contribution in [2.45, 2.75) is 0 Å². The quantitative estimate of drug-likeness (QED) is 0.159. The highest BCUT2D eigenvalue weighted by Gasteiger charge is 2.33. The Bertz CT molecular complexity index is 5350. The number of nitrogens with zero attached hydrogens (tertiary/aromatic N) is 4. The summed E-state index contributed by atoms with van der Waals surface area (Å²) in [7, 11) is 0. The number of rotatable bonds is 5. The monoisotopic (exact) mass is 915 g/mol. The van der Waals surface area contributed by atoms with Crippen LogP contribution in [0.2, 0.25) is 0 Å². The Morgan fingerprint density at radius 1 is 0.456 bits per heavy atom. The molecule has 0 saturated carbocycles. The molecule has 0 atom stereocenters. The third-order valence-corrected chi connectivity index (χ3v) is 14.8. The molecule has 0 N–H and O–H groups in total. The highest BCUT2D eigenvalue weighted by atomic mass is 32.1. The maximum atomic E-state index is 12.3. The summed E-state index contributed by atoms with van der Waals surface area (Å²) in [6.07, 6.45) is 0. The van der Waals surface area contributed by atoms with Gasteiger partial charge in [0.15, 0.2) is 0 Å². The van der Waals surface area contributed by atoms with Crippen molar-refractivity contribution >= 4 is 112 Å². The van der Waals surface area contributed by atoms with E-state index in [1.165, 1.54) is 0 Å². The number of nitriles is 1. The zero-order valence-corrected chi connectivity index (χ0v) is 36.6. The number of hydrogen-bond acceptors (Lipinski definition) is 3. The van der Waals surface area contributed by atoms with Gasteiger partial charge in [0.25, 0.3) is 0 Å². The molecule has 6 heteroatoms. The van der Waals surface area contributed by atoms with Gasteiger partial charge in [-0.05, 0) is 46.5 Å². The van der Waals surface area contributed by atoms with Gasteiger partial charge in [-0.3, -0.25) is 0 Å². The van der Waals surface area contributed by atoms with E-state index in [0.29, 0.717) is 32.9 Å². The van der Waals surface area contributed by atoms with Crippen molar-refractivity contribution in [1.29, 1.82) is 5.26 Å². The first kappa shape index (κ1) is 25.2. The van der Waals surface area contributed by atoms with Gasteiger partial charge in [-0.25, -0.2) is 4.85 Å². The molecule has 14 rings (SSSR count). The van der Waals surface area contributed by atoms with Crippen molar-refractivity contribution in [3.05, 3.63) is 223 Å². The van der Waals surface area contributed by atoms with E-state index in [9.17, 15) is 22.8 Å². The van der Waals surface area contributed by atoms with Gasteiger partial charge < -0.3 is 9.13 Å². The van der Waals surface area contributed by atoms with Crippen molar-refractivity contribution in [2.75, 3.05) is 0 Å². The summed E-state index contributed by atoms with van der Waals surface area (Å²) in [6, 6.07) is 23.9. The zero-order chi connectivity index (χ0) is 59.8. The number of fused-ring (bicyclic) bond motifs is 14. The van der Waals surface area contributed by atoms with Crippen LogP contribution < -0.4 is 0 Å². The molecule has 4 heterocycles. The zero-order valence-electron chi connectivity index (χ0n) is 51.9. The number of hydrogen-bond donors (Lipinski definition) is 0. The summed E-state index contributed by atoms with van der Waals surface area (Å²) < 4.78 is 160. The Hall–Kier alpha value is -8.78. The summed E-state index contributed by atoms with van der Waals surface area (Å²) in [5, 5.41) is 13.2. The average Bonchev–Trinajstić information content (AvgIpc) is 1.58. The summed E-state index contributed by atoms with van der Waals surface area (Å²) in [6.45, 7) is 9.39. The topological polar surface area (TPSA) is 38.0 Å². The van der Waals surface area contributed by atoms with E-state index < -0.39 is 103 Å². The minimum absolute atomic E-state index is 0.0218. The molecule has 4 aromatic heterocycles. The molecule has 0 aliphatic carbocycles. The Morgan fingerprint density at radius 2 is 1.00 bits per heavy atom. The third kappa shape index (κ3) is 5.39. The Labute approximate surface area is 422 Å². The second kappa shape index (κ2) is 14.9. The maximum absolute atomic E-state index is 12.3. The first-order chi connectivity index (χ1) is 40.8. The molecule has 0 saturated heterocycles. The number of aromatic nitrogens is 2. The van der Waals surface area contributed by atoms with Crippen molar-refractivity contribution in [2.24, 2.45) is 0 Å². The summed E-state index contributed by atoms with van der Waals surface area (Å²) in [5.74, 6) is 0. The lowest BCUT2D eigenvalue weighted by molar-refractivity contribution is 1.14. The number of thiophene rings is 2. The molecular weight excluding hydrogens is 865 g/mol. The van der Waals surface area contributed by atoms with Gasteiger partial charge in [0.05, 0.1) is 78.3 Å². The van der Waals surface area contributed by atoms with E-state index >= 15 is 0 Å². The smallest absolute Gasteiger partial charge is 0.220 e. The Morgan fingerprint density at radius 3 is 1.62 bits per heavy atom. The number of para-hydroxylation sites is 1. The molecule has 0 aliphatic heterocycles. The Kier molecular flexibility index (Phi) is 5.51. The van der Waals surface area contributed by atoms with Gasteiger partial charge in [-0.15, -0.1) is 22.7 Å². The lowest BCUT2D eigenvalue weighted by atomic mass is 9.88. The fourth-order valence-corrected chi connectivity index (χ4v) is 12.0. The minimum Gasteiger partial charge on any atom is -0.318 e. The highest BCUT2D eigenvalue weighted by molar-refractivity contribution is 7.27. The summed E-state index contributed by atoms with van der Waals surface area (Å²) in [4.78, 5) is 4.36. The van der Waals surface area contributed by atoms with E-state index in [1.54, 1.807) is 89.5 Å². The standard InChI is InChI=1S/C62H34N4S2/c1-64-56-54(38-19-7-3-8-20-38)49(36-63)57(55(39-21-9-4-10-22-39)60(56)65-50-26-14-11-23-41(50)42-30-29-40(35-51(42)65)37-17-5-2-6-18-37)66-58-45(31-33-47-43-24-12-15-27-52(43)67-61(47)58)46-32-34-48-44-25-13-16-28-53(44)68-62(48)59(46)66/h2-35H/i2D,5D,6D,12D,13D,15D,16D,17D,18D,24D,25D,27D,28D,31D,32D,33D,34D. The van der Waals surface area contributed by atoms with E-state index in [0.717, 1.165) is 22.7 Å². The predicted octanol–water partition coefficient (Wildman–Crippen LogP) is 18.0. The molecule has 0 spiro atoms. The van der Waals surface area contributed by atoms with Crippen LogP contribution in [0.4, 0.5) is 5.69 Å². The predicted molar refractivity (Wildman–Crippen MR) is 288 cm³/mol. The van der Waals surface area contributed by atoms with Crippen molar-refractivity contribution < 1.29 is 23.3 Å². The van der Waals surface area contributed by atoms with E-state index in [4.69, 9.17) is 12.3 Å². The van der Waals surface area contributed by atoms with Crippen LogP contribution >= 0.6 is 22.7 Å².